The first-order valence-electron chi connectivity index (χ1n) is 8.74. The molecule has 12 heteroatoms. The van der Waals surface area contributed by atoms with Crippen LogP contribution in [0.4, 0.5) is 17.5 Å². The Morgan fingerprint density at radius 1 is 1.43 bits per heavy atom. The van der Waals surface area contributed by atoms with Crippen LogP contribution in [0.3, 0.4) is 0 Å². The number of nitrogens with one attached hydrogen (secondary N) is 2. The molecule has 0 radical (unpaired) electrons. The Balaban J connectivity index is 1.67. The van der Waals surface area contributed by atoms with Crippen molar-refractivity contribution in [1.82, 2.24) is 24.1 Å². The van der Waals surface area contributed by atoms with Crippen molar-refractivity contribution in [2.75, 3.05) is 30.3 Å². The number of rotatable bonds is 9. The van der Waals surface area contributed by atoms with E-state index in [0.717, 1.165) is 18.2 Å². The van der Waals surface area contributed by atoms with Gasteiger partial charge in [-0.2, -0.15) is 14.4 Å². The van der Waals surface area contributed by atoms with Crippen LogP contribution in [0.15, 0.2) is 30.6 Å². The van der Waals surface area contributed by atoms with Crippen LogP contribution in [-0.2, 0) is 16.6 Å². The number of hydrogen-bond donors (Lipinski definition) is 3. The van der Waals surface area contributed by atoms with Crippen molar-refractivity contribution >= 4 is 39.1 Å². The number of aliphatic hydroxyl groups excluding tert-OH is 1. The van der Waals surface area contributed by atoms with E-state index in [4.69, 9.17) is 16.7 Å². The molecule has 0 aliphatic carbocycles. The van der Waals surface area contributed by atoms with Crippen LogP contribution in [0.25, 0.3) is 0 Å². The number of halogens is 1. The zero-order valence-corrected chi connectivity index (χ0v) is 16.7. The lowest BCUT2D eigenvalue weighted by atomic mass is 10.2. The van der Waals surface area contributed by atoms with Gasteiger partial charge in [-0.15, -0.1) is 0 Å². The Labute approximate surface area is 168 Å². The quantitative estimate of drug-likeness (QED) is 0.548. The minimum absolute atomic E-state index is 0.00755. The van der Waals surface area contributed by atoms with Crippen LogP contribution in [0.2, 0.25) is 5.02 Å². The highest BCUT2D eigenvalue weighted by Gasteiger charge is 2.32. The average Bonchev–Trinajstić information content (AvgIpc) is 3.32. The summed E-state index contributed by atoms with van der Waals surface area (Å²) in [7, 11) is -3.46. The van der Waals surface area contributed by atoms with Gasteiger partial charge in [-0.1, -0.05) is 18.2 Å². The molecule has 28 heavy (non-hydrogen) atoms. The fraction of sp³-hybridized carbons (Fsp3) is 0.438. The van der Waals surface area contributed by atoms with E-state index in [-0.39, 0.29) is 12.6 Å². The molecule has 3 rings (SSSR count). The van der Waals surface area contributed by atoms with Gasteiger partial charge in [-0.05, 0) is 12.8 Å². The maximum atomic E-state index is 12.1. The molecule has 0 bridgehead atoms. The van der Waals surface area contributed by atoms with E-state index in [1.807, 2.05) is 0 Å². The molecule has 0 aromatic carbocycles. The standard InChI is InChI=1S/C16H22ClN7O3S/c1-2-28(26,27)24-5-3-4-13(24)9-18-15-14(17)10-19-16(22-15)21-12-8-20-23(11-12)6-7-25/h2,8,10-11,13,25H,1,3-7,9H2,(H2,18,19,21,22)/t13-/m0/s1. The molecule has 3 N–H and O–H groups in total. The second-order valence-corrected chi connectivity index (χ2v) is 8.47. The van der Waals surface area contributed by atoms with Crippen molar-refractivity contribution in [3.8, 4) is 0 Å². The zero-order valence-electron chi connectivity index (χ0n) is 15.1. The van der Waals surface area contributed by atoms with Crippen LogP contribution in [-0.4, -0.2) is 63.3 Å². The molecule has 0 unspecified atom stereocenters. The molecule has 152 valence electrons. The molecule has 10 nitrogen and oxygen atoms in total. The van der Waals surface area contributed by atoms with Crippen LogP contribution in [0, 0.1) is 0 Å². The van der Waals surface area contributed by atoms with Gasteiger partial charge in [0, 0.05) is 30.7 Å². The van der Waals surface area contributed by atoms with Gasteiger partial charge in [-0.3, -0.25) is 4.68 Å². The lowest BCUT2D eigenvalue weighted by Crippen LogP contribution is -2.38. The van der Waals surface area contributed by atoms with Crippen molar-refractivity contribution in [1.29, 1.82) is 0 Å². The Morgan fingerprint density at radius 2 is 2.25 bits per heavy atom. The van der Waals surface area contributed by atoms with E-state index in [1.54, 1.807) is 17.1 Å². The SMILES string of the molecule is C=CS(=O)(=O)N1CCC[C@H]1CNc1nc(Nc2cnn(CCO)c2)ncc1Cl. The lowest BCUT2D eigenvalue weighted by molar-refractivity contribution is 0.269. The molecule has 0 amide bonds. The Kier molecular flexibility index (Phi) is 6.50. The molecule has 2 aromatic heterocycles. The monoisotopic (exact) mass is 427 g/mol. The zero-order chi connectivity index (χ0) is 20.1. The topological polar surface area (TPSA) is 125 Å². The van der Waals surface area contributed by atoms with Crippen molar-refractivity contribution in [3.63, 3.8) is 0 Å². The summed E-state index contributed by atoms with van der Waals surface area (Å²) in [6, 6.07) is -0.192. The minimum Gasteiger partial charge on any atom is -0.394 e. The first-order chi connectivity index (χ1) is 13.4. The van der Waals surface area contributed by atoms with Crippen LogP contribution in [0.1, 0.15) is 12.8 Å². The van der Waals surface area contributed by atoms with Gasteiger partial charge in [0.25, 0.3) is 0 Å². The molecule has 0 saturated carbocycles. The Bertz CT molecular complexity index is 934. The molecule has 0 spiro atoms. The summed E-state index contributed by atoms with van der Waals surface area (Å²) in [5, 5.41) is 20.5. The van der Waals surface area contributed by atoms with Crippen molar-refractivity contribution in [3.05, 3.63) is 35.6 Å². The third kappa shape index (κ3) is 4.79. The van der Waals surface area contributed by atoms with E-state index in [1.165, 1.54) is 10.5 Å². The lowest BCUT2D eigenvalue weighted by Gasteiger charge is -2.23. The number of sulfonamides is 1. The highest BCUT2D eigenvalue weighted by Crippen LogP contribution is 2.25. The first kappa shape index (κ1) is 20.5. The summed E-state index contributed by atoms with van der Waals surface area (Å²) in [4.78, 5) is 8.49. The Morgan fingerprint density at radius 3 is 3.00 bits per heavy atom. The molecular formula is C16H22ClN7O3S. The molecule has 1 aliphatic heterocycles. The van der Waals surface area contributed by atoms with E-state index in [2.05, 4.69) is 32.3 Å². The van der Waals surface area contributed by atoms with Gasteiger partial charge in [0.15, 0.2) is 5.82 Å². The first-order valence-corrected chi connectivity index (χ1v) is 10.6. The fourth-order valence-corrected chi connectivity index (χ4v) is 4.32. The molecule has 3 heterocycles. The maximum absolute atomic E-state index is 12.1. The molecule has 1 aliphatic rings. The summed E-state index contributed by atoms with van der Waals surface area (Å²) in [5.41, 5.74) is 0.667. The fourth-order valence-electron chi connectivity index (χ4n) is 2.99. The van der Waals surface area contributed by atoms with E-state index in [0.29, 0.717) is 42.1 Å². The highest BCUT2D eigenvalue weighted by molar-refractivity contribution is 7.92. The van der Waals surface area contributed by atoms with Crippen LogP contribution in [0.5, 0.6) is 0 Å². The van der Waals surface area contributed by atoms with Crippen molar-refractivity contribution in [2.24, 2.45) is 0 Å². The van der Waals surface area contributed by atoms with Gasteiger partial charge in [0.2, 0.25) is 16.0 Å². The third-order valence-electron chi connectivity index (χ3n) is 4.33. The van der Waals surface area contributed by atoms with Crippen molar-refractivity contribution < 1.29 is 13.5 Å². The smallest absolute Gasteiger partial charge is 0.235 e. The second kappa shape index (κ2) is 8.86. The third-order valence-corrected chi connectivity index (χ3v) is 6.16. The summed E-state index contributed by atoms with van der Waals surface area (Å²) in [5.74, 6) is 0.724. The summed E-state index contributed by atoms with van der Waals surface area (Å²) in [6.45, 7) is 4.62. The van der Waals surface area contributed by atoms with Gasteiger partial charge in [0.1, 0.15) is 5.02 Å². The van der Waals surface area contributed by atoms with E-state index < -0.39 is 10.0 Å². The maximum Gasteiger partial charge on any atom is 0.235 e. The predicted molar refractivity (Wildman–Crippen MR) is 107 cm³/mol. The largest absolute Gasteiger partial charge is 0.394 e. The molecule has 1 atom stereocenters. The Hall–Kier alpha value is -2.21. The predicted octanol–water partition coefficient (Wildman–Crippen LogP) is 1.41. The van der Waals surface area contributed by atoms with E-state index in [9.17, 15) is 8.42 Å². The molecule has 2 aromatic rings. The number of aliphatic hydroxyl groups is 1. The average molecular weight is 428 g/mol. The number of anilines is 3. The molecular weight excluding hydrogens is 406 g/mol. The van der Waals surface area contributed by atoms with Gasteiger partial charge in [-0.25, -0.2) is 13.4 Å². The van der Waals surface area contributed by atoms with E-state index >= 15 is 0 Å². The number of nitrogens with zero attached hydrogens (tertiary/aromatic N) is 5. The summed E-state index contributed by atoms with van der Waals surface area (Å²) in [6.07, 6.45) is 6.32. The second-order valence-electron chi connectivity index (χ2n) is 6.23. The van der Waals surface area contributed by atoms with Crippen molar-refractivity contribution in [2.45, 2.75) is 25.4 Å². The summed E-state index contributed by atoms with van der Waals surface area (Å²) < 4.78 is 27.2. The highest BCUT2D eigenvalue weighted by atomic mass is 35.5. The van der Waals surface area contributed by atoms with Crippen LogP contribution < -0.4 is 10.6 Å². The van der Waals surface area contributed by atoms with Gasteiger partial charge in [0.05, 0.1) is 31.2 Å². The number of aromatic nitrogens is 4. The molecule has 1 saturated heterocycles. The summed E-state index contributed by atoms with van der Waals surface area (Å²) >= 11 is 6.18. The normalized spacial score (nSPS) is 17.6. The van der Waals surface area contributed by atoms with Crippen LogP contribution >= 0.6 is 11.6 Å². The van der Waals surface area contributed by atoms with Gasteiger partial charge < -0.3 is 15.7 Å². The van der Waals surface area contributed by atoms with Gasteiger partial charge >= 0.3 is 0 Å². The molecule has 1 fully saturated rings. The minimum atomic E-state index is -3.46. The number of hydrogen-bond acceptors (Lipinski definition) is 8.